The average molecular weight is 735 g/mol. The summed E-state index contributed by atoms with van der Waals surface area (Å²) in [7, 11) is -5.17. The normalized spacial score (nSPS) is 10.8. The fourth-order valence-corrected chi connectivity index (χ4v) is 5.87. The molecule has 0 amide bonds. The van der Waals surface area contributed by atoms with Crippen LogP contribution in [0.15, 0.2) is 128 Å². The van der Waals surface area contributed by atoms with Crippen molar-refractivity contribution in [3.8, 4) is 0 Å². The molecule has 254 valence electrons. The molecule has 51 heavy (non-hydrogen) atoms. The van der Waals surface area contributed by atoms with E-state index in [4.69, 9.17) is 17.5 Å². The summed E-state index contributed by atoms with van der Waals surface area (Å²) in [5, 5.41) is 7.01. The van der Waals surface area contributed by atoms with Crippen LogP contribution >= 0.6 is 0 Å². The van der Waals surface area contributed by atoms with Crippen molar-refractivity contribution in [2.45, 2.75) is 20.8 Å². The van der Waals surface area contributed by atoms with Gasteiger partial charge in [-0.15, -0.1) is 0 Å². The molecule has 0 radical (unpaired) electrons. The maximum Gasteiger partial charge on any atom is 2.00 e. The first kappa shape index (κ1) is 36.8. The molecule has 0 fully saturated rings. The zero-order valence-corrected chi connectivity index (χ0v) is 29.6. The minimum absolute atomic E-state index is 0. The van der Waals surface area contributed by atoms with Crippen molar-refractivity contribution in [2.24, 2.45) is 0 Å². The van der Waals surface area contributed by atoms with Crippen LogP contribution in [0.1, 0.15) is 16.7 Å². The molecule has 9 rings (SSSR count). The van der Waals surface area contributed by atoms with E-state index in [0.717, 1.165) is 49.3 Å². The second kappa shape index (κ2) is 16.0. The predicted octanol–water partition coefficient (Wildman–Crippen LogP) is 7.93. The Bertz CT molecular complexity index is 2480. The van der Waals surface area contributed by atoms with E-state index in [0.29, 0.717) is 0 Å². The van der Waals surface area contributed by atoms with Gasteiger partial charge >= 0.3 is 17.1 Å². The summed E-state index contributed by atoms with van der Waals surface area (Å²) >= 11 is 0. The van der Waals surface area contributed by atoms with E-state index in [2.05, 4.69) is 105 Å². The largest absolute Gasteiger partial charge is 2.00 e. The Morgan fingerprint density at radius 1 is 0.412 bits per heavy atom. The molecule has 0 bridgehead atoms. The zero-order chi connectivity index (χ0) is 35.3. The van der Waals surface area contributed by atoms with Crippen LogP contribution in [0.3, 0.4) is 0 Å². The van der Waals surface area contributed by atoms with Crippen molar-refractivity contribution in [3.63, 3.8) is 0 Å². The molecular weight excluding hydrogens is 704 g/mol. The van der Waals surface area contributed by atoms with Gasteiger partial charge in [-0.05, 0) is 92.1 Å². The van der Waals surface area contributed by atoms with E-state index in [1.165, 1.54) is 32.8 Å². The summed E-state index contributed by atoms with van der Waals surface area (Å²) in [4.78, 5) is 26.4. The first-order valence-electron chi connectivity index (χ1n) is 15.5. The quantitative estimate of drug-likeness (QED) is 0.0648. The first-order valence-corrected chi connectivity index (χ1v) is 16.9. The first-order chi connectivity index (χ1) is 24.1. The Morgan fingerprint density at radius 2 is 0.627 bits per heavy atom. The van der Waals surface area contributed by atoms with Gasteiger partial charge in [-0.1, -0.05) is 36.4 Å². The summed E-state index contributed by atoms with van der Waals surface area (Å²) < 4.78 is 34.1. The van der Waals surface area contributed by atoms with E-state index in [9.17, 15) is 0 Å². The Kier molecular flexibility index (Phi) is 11.6. The minimum Gasteiger partial charge on any atom is -0.759 e. The van der Waals surface area contributed by atoms with Gasteiger partial charge in [0.05, 0.1) is 33.1 Å². The molecule has 12 heteroatoms. The fraction of sp³-hybridized carbons (Fsp3) is 0.0769. The summed E-state index contributed by atoms with van der Waals surface area (Å²) in [5.74, 6) is 0. The van der Waals surface area contributed by atoms with Crippen LogP contribution in [-0.2, 0) is 27.5 Å². The van der Waals surface area contributed by atoms with Crippen LogP contribution < -0.4 is 0 Å². The fourth-order valence-electron chi connectivity index (χ4n) is 5.87. The van der Waals surface area contributed by atoms with Crippen molar-refractivity contribution in [1.29, 1.82) is 0 Å². The molecule has 0 unspecified atom stereocenters. The molecule has 10 nitrogen and oxygen atoms in total. The second-order valence-electron chi connectivity index (χ2n) is 11.4. The van der Waals surface area contributed by atoms with Gasteiger partial charge in [0.25, 0.3) is 0 Å². The van der Waals surface area contributed by atoms with Crippen LogP contribution in [-0.4, -0.2) is 47.4 Å². The predicted molar refractivity (Wildman–Crippen MR) is 196 cm³/mol. The number of pyridine rings is 6. The topological polar surface area (TPSA) is 158 Å². The van der Waals surface area contributed by atoms with E-state index in [1.54, 1.807) is 0 Å². The molecule has 0 atom stereocenters. The monoisotopic (exact) mass is 734 g/mol. The number of fused-ring (bicyclic) bond motifs is 9. The third-order valence-electron chi connectivity index (χ3n) is 8.00. The Hall–Kier alpha value is -5.49. The van der Waals surface area contributed by atoms with Gasteiger partial charge in [0.2, 0.25) is 0 Å². The number of aromatic nitrogens is 6. The Labute approximate surface area is 304 Å². The Balaban J connectivity index is 0.000000138. The summed E-state index contributed by atoms with van der Waals surface area (Å²) in [6.45, 7) is 6.32. The zero-order valence-electron chi connectivity index (χ0n) is 27.7. The van der Waals surface area contributed by atoms with E-state index < -0.39 is 10.4 Å². The SMILES string of the molecule is Cc1cc2cccnc2c2ncccc12.Cc1cc2cccnc2c2ncccc12.Cc1cc2cccnc2c2ncccc12.O=S(=O)([O-])[O-].[Fe+2]. The van der Waals surface area contributed by atoms with E-state index in [1.807, 2.05) is 73.6 Å². The van der Waals surface area contributed by atoms with Crippen LogP contribution in [0.25, 0.3) is 65.4 Å². The summed E-state index contributed by atoms with van der Waals surface area (Å²) in [5.41, 5.74) is 9.68. The molecule has 0 aliphatic heterocycles. The maximum absolute atomic E-state index is 8.52. The Morgan fingerprint density at radius 3 is 0.882 bits per heavy atom. The van der Waals surface area contributed by atoms with Gasteiger partial charge in [-0.3, -0.25) is 38.3 Å². The third kappa shape index (κ3) is 8.64. The molecule has 9 aromatic rings. The van der Waals surface area contributed by atoms with Gasteiger partial charge in [0.15, 0.2) is 0 Å². The van der Waals surface area contributed by atoms with E-state index >= 15 is 0 Å². The van der Waals surface area contributed by atoms with Crippen molar-refractivity contribution in [1.82, 2.24) is 29.9 Å². The summed E-state index contributed by atoms with van der Waals surface area (Å²) in [6.07, 6.45) is 10.9. The second-order valence-corrected chi connectivity index (χ2v) is 12.2. The smallest absolute Gasteiger partial charge is 0.759 e. The van der Waals surface area contributed by atoms with Gasteiger partial charge in [0, 0.05) is 79.9 Å². The number of hydrogen-bond donors (Lipinski definition) is 0. The summed E-state index contributed by atoms with van der Waals surface area (Å²) in [6, 6.07) is 30.7. The van der Waals surface area contributed by atoms with Crippen molar-refractivity contribution in [3.05, 3.63) is 145 Å². The van der Waals surface area contributed by atoms with Crippen LogP contribution in [0.4, 0.5) is 0 Å². The van der Waals surface area contributed by atoms with Gasteiger partial charge in [-0.2, -0.15) is 0 Å². The number of nitrogens with zero attached hydrogens (tertiary/aromatic N) is 6. The number of rotatable bonds is 0. The minimum atomic E-state index is -5.17. The molecular formula is C39H30FeN6O4S. The molecule has 0 aliphatic carbocycles. The molecule has 0 spiro atoms. The third-order valence-corrected chi connectivity index (χ3v) is 8.00. The molecule has 0 saturated carbocycles. The van der Waals surface area contributed by atoms with Crippen molar-refractivity contribution >= 4 is 75.8 Å². The van der Waals surface area contributed by atoms with Crippen LogP contribution in [0.5, 0.6) is 0 Å². The van der Waals surface area contributed by atoms with Crippen LogP contribution in [0.2, 0.25) is 0 Å². The molecule has 0 saturated heterocycles. The molecule has 6 heterocycles. The number of benzene rings is 3. The average Bonchev–Trinajstić information content (AvgIpc) is 3.12. The standard InChI is InChI=1S/3C13H10N2.Fe.H2O4S/c3*1-9-8-10-4-2-6-14-12(10)13-11(9)5-3-7-15-13;;1-5(2,3)4/h3*2-8H,1H3;;(H2,1,2,3,4)/q;;;+2;/p-2. The van der Waals surface area contributed by atoms with Crippen molar-refractivity contribution in [2.75, 3.05) is 0 Å². The molecule has 0 N–H and O–H groups in total. The number of aryl methyl sites for hydroxylation is 3. The maximum atomic E-state index is 8.52. The number of hydrogen-bond acceptors (Lipinski definition) is 10. The van der Waals surface area contributed by atoms with Crippen LogP contribution in [0, 0.1) is 20.8 Å². The van der Waals surface area contributed by atoms with E-state index in [-0.39, 0.29) is 17.1 Å². The van der Waals surface area contributed by atoms with Gasteiger partial charge in [0.1, 0.15) is 0 Å². The molecule has 3 aromatic carbocycles. The molecule has 6 aromatic heterocycles. The van der Waals surface area contributed by atoms with Gasteiger partial charge in [-0.25, -0.2) is 0 Å². The molecule has 0 aliphatic rings. The van der Waals surface area contributed by atoms with Gasteiger partial charge < -0.3 is 9.11 Å². The van der Waals surface area contributed by atoms with Crippen molar-refractivity contribution < 1.29 is 34.6 Å².